The summed E-state index contributed by atoms with van der Waals surface area (Å²) in [7, 11) is 1.32. The molecule has 0 saturated carbocycles. The fourth-order valence-electron chi connectivity index (χ4n) is 1.49. The minimum atomic E-state index is -0.483. The van der Waals surface area contributed by atoms with Crippen molar-refractivity contribution in [2.45, 2.75) is 6.54 Å². The first-order chi connectivity index (χ1) is 9.15. The fourth-order valence-corrected chi connectivity index (χ4v) is 1.49. The van der Waals surface area contributed by atoms with Crippen molar-refractivity contribution >= 4 is 0 Å². The highest BCUT2D eigenvalue weighted by Crippen LogP contribution is 2.26. The van der Waals surface area contributed by atoms with Crippen LogP contribution in [0, 0.1) is 5.82 Å². The molecule has 0 spiro atoms. The van der Waals surface area contributed by atoms with Gasteiger partial charge in [0.25, 0.3) is 11.4 Å². The molecule has 7 heteroatoms. The van der Waals surface area contributed by atoms with Gasteiger partial charge >= 0.3 is 0 Å². The zero-order chi connectivity index (χ0) is 13.8. The van der Waals surface area contributed by atoms with Gasteiger partial charge in [0.15, 0.2) is 0 Å². The van der Waals surface area contributed by atoms with Gasteiger partial charge in [-0.25, -0.2) is 9.37 Å². The zero-order valence-corrected chi connectivity index (χ0v) is 10.1. The predicted octanol–water partition coefficient (Wildman–Crippen LogP) is 1.17. The maximum atomic E-state index is 13.5. The van der Waals surface area contributed by atoms with E-state index in [1.54, 1.807) is 0 Å². The van der Waals surface area contributed by atoms with Gasteiger partial charge < -0.3 is 20.2 Å². The van der Waals surface area contributed by atoms with Crippen LogP contribution >= 0.6 is 0 Å². The number of H-pyrrole nitrogens is 1. The average molecular weight is 265 g/mol. The van der Waals surface area contributed by atoms with Crippen LogP contribution in [0.5, 0.6) is 17.4 Å². The maximum absolute atomic E-state index is 13.5. The summed E-state index contributed by atoms with van der Waals surface area (Å²) in [6.45, 7) is 0.0959. The first kappa shape index (κ1) is 13.0. The lowest BCUT2D eigenvalue weighted by Crippen LogP contribution is -2.11. The standard InChI is InChI=1S/C12H12FN3O3/c1-18-10-11(17)15-6-16-12(10)19-8-3-2-7(5-14)9(13)4-8/h2-4,6H,5,14H2,1H3,(H,15,16,17). The van der Waals surface area contributed by atoms with Crippen molar-refractivity contribution in [3.63, 3.8) is 0 Å². The Balaban J connectivity index is 2.34. The number of halogens is 1. The average Bonchev–Trinajstić information content (AvgIpc) is 2.39. The van der Waals surface area contributed by atoms with E-state index in [4.69, 9.17) is 15.2 Å². The molecule has 0 aliphatic carbocycles. The van der Waals surface area contributed by atoms with Crippen LogP contribution in [0.25, 0.3) is 0 Å². The number of aromatic nitrogens is 2. The van der Waals surface area contributed by atoms with Gasteiger partial charge in [-0.2, -0.15) is 0 Å². The Labute approximate surface area is 108 Å². The summed E-state index contributed by atoms with van der Waals surface area (Å²) in [6.07, 6.45) is 1.17. The molecule has 0 amide bonds. The molecule has 0 saturated heterocycles. The lowest BCUT2D eigenvalue weighted by molar-refractivity contribution is 0.362. The number of rotatable bonds is 4. The number of benzene rings is 1. The number of hydrogen-bond donors (Lipinski definition) is 2. The van der Waals surface area contributed by atoms with Crippen molar-refractivity contribution in [3.8, 4) is 17.4 Å². The molecule has 0 fully saturated rings. The molecule has 3 N–H and O–H groups in total. The molecule has 2 aromatic rings. The third-order valence-electron chi connectivity index (χ3n) is 2.44. The predicted molar refractivity (Wildman–Crippen MR) is 65.8 cm³/mol. The normalized spacial score (nSPS) is 10.3. The monoisotopic (exact) mass is 265 g/mol. The number of aromatic amines is 1. The summed E-state index contributed by atoms with van der Waals surface area (Å²) in [5, 5.41) is 0. The summed E-state index contributed by atoms with van der Waals surface area (Å²) in [5.41, 5.74) is 5.25. The van der Waals surface area contributed by atoms with Crippen molar-refractivity contribution in [2.75, 3.05) is 7.11 Å². The molecule has 0 aliphatic heterocycles. The van der Waals surface area contributed by atoms with Gasteiger partial charge in [-0.1, -0.05) is 6.07 Å². The lowest BCUT2D eigenvalue weighted by atomic mass is 10.2. The van der Waals surface area contributed by atoms with Crippen molar-refractivity contribution in [1.82, 2.24) is 9.97 Å². The van der Waals surface area contributed by atoms with E-state index in [9.17, 15) is 9.18 Å². The van der Waals surface area contributed by atoms with Gasteiger partial charge in [0, 0.05) is 18.2 Å². The Bertz CT molecular complexity index is 642. The Morgan fingerprint density at radius 3 is 2.89 bits per heavy atom. The Morgan fingerprint density at radius 1 is 1.47 bits per heavy atom. The van der Waals surface area contributed by atoms with Crippen molar-refractivity contribution in [3.05, 3.63) is 46.3 Å². The van der Waals surface area contributed by atoms with Gasteiger partial charge in [0.2, 0.25) is 5.75 Å². The molecule has 0 aliphatic rings. The smallest absolute Gasteiger partial charge is 0.297 e. The summed E-state index contributed by atoms with van der Waals surface area (Å²) in [4.78, 5) is 17.6. The van der Waals surface area contributed by atoms with Gasteiger partial charge in [-0.05, 0) is 6.07 Å². The topological polar surface area (TPSA) is 90.2 Å². The van der Waals surface area contributed by atoms with E-state index >= 15 is 0 Å². The molecule has 2 rings (SSSR count). The minimum absolute atomic E-state index is 0.0360. The lowest BCUT2D eigenvalue weighted by Gasteiger charge is -2.08. The van der Waals surface area contributed by atoms with E-state index < -0.39 is 11.4 Å². The second kappa shape index (κ2) is 5.49. The molecule has 0 atom stereocenters. The van der Waals surface area contributed by atoms with Crippen LogP contribution in [0.4, 0.5) is 4.39 Å². The van der Waals surface area contributed by atoms with Crippen LogP contribution in [-0.2, 0) is 6.54 Å². The highest BCUT2D eigenvalue weighted by molar-refractivity contribution is 5.36. The molecule has 100 valence electrons. The second-order valence-corrected chi connectivity index (χ2v) is 3.63. The Morgan fingerprint density at radius 2 is 2.26 bits per heavy atom. The van der Waals surface area contributed by atoms with E-state index in [-0.39, 0.29) is 23.9 Å². The van der Waals surface area contributed by atoms with E-state index in [0.717, 1.165) is 0 Å². The third-order valence-corrected chi connectivity index (χ3v) is 2.44. The van der Waals surface area contributed by atoms with E-state index in [0.29, 0.717) is 5.56 Å². The maximum Gasteiger partial charge on any atom is 0.297 e. The van der Waals surface area contributed by atoms with E-state index in [2.05, 4.69) is 9.97 Å². The SMILES string of the molecule is COc1c(Oc2ccc(CN)c(F)c2)nc[nH]c1=O. The minimum Gasteiger partial charge on any atom is -0.487 e. The van der Waals surface area contributed by atoms with E-state index in [1.165, 1.54) is 31.6 Å². The Kier molecular flexibility index (Phi) is 3.76. The number of methoxy groups -OCH3 is 1. The molecule has 0 bridgehead atoms. The number of nitrogens with zero attached hydrogens (tertiary/aromatic N) is 1. The van der Waals surface area contributed by atoms with E-state index in [1.807, 2.05) is 0 Å². The van der Waals surface area contributed by atoms with Crippen LogP contribution in [0.15, 0.2) is 29.3 Å². The first-order valence-electron chi connectivity index (χ1n) is 5.43. The van der Waals surface area contributed by atoms with Crippen LogP contribution in [0.3, 0.4) is 0 Å². The number of nitrogens with one attached hydrogen (secondary N) is 1. The van der Waals surface area contributed by atoms with Crippen LogP contribution in [0.1, 0.15) is 5.56 Å². The van der Waals surface area contributed by atoms with Crippen molar-refractivity contribution in [2.24, 2.45) is 5.73 Å². The van der Waals surface area contributed by atoms with Crippen LogP contribution < -0.4 is 20.8 Å². The van der Waals surface area contributed by atoms with Crippen molar-refractivity contribution in [1.29, 1.82) is 0 Å². The molecule has 0 radical (unpaired) electrons. The Hall–Kier alpha value is -2.41. The molecular weight excluding hydrogens is 253 g/mol. The number of hydrogen-bond acceptors (Lipinski definition) is 5. The van der Waals surface area contributed by atoms with Gasteiger partial charge in [-0.3, -0.25) is 4.79 Å². The molecule has 1 aromatic carbocycles. The summed E-state index contributed by atoms with van der Waals surface area (Å²) < 4.78 is 23.7. The van der Waals surface area contributed by atoms with Crippen LogP contribution in [0.2, 0.25) is 0 Å². The van der Waals surface area contributed by atoms with Crippen LogP contribution in [-0.4, -0.2) is 17.1 Å². The largest absolute Gasteiger partial charge is 0.487 e. The molecule has 0 unspecified atom stereocenters. The third kappa shape index (κ3) is 2.71. The zero-order valence-electron chi connectivity index (χ0n) is 10.1. The summed E-state index contributed by atoms with van der Waals surface area (Å²) in [5.74, 6) is -0.396. The van der Waals surface area contributed by atoms with Crippen molar-refractivity contribution < 1.29 is 13.9 Å². The van der Waals surface area contributed by atoms with Gasteiger partial charge in [0.05, 0.1) is 13.4 Å². The second-order valence-electron chi connectivity index (χ2n) is 3.63. The summed E-state index contributed by atoms with van der Waals surface area (Å²) in [6, 6.07) is 4.21. The highest BCUT2D eigenvalue weighted by Gasteiger charge is 2.12. The summed E-state index contributed by atoms with van der Waals surface area (Å²) >= 11 is 0. The number of nitrogens with two attached hydrogens (primary N) is 1. The highest BCUT2D eigenvalue weighted by atomic mass is 19.1. The molecule has 6 nitrogen and oxygen atoms in total. The molecule has 1 heterocycles. The first-order valence-corrected chi connectivity index (χ1v) is 5.43. The molecule has 1 aromatic heterocycles. The van der Waals surface area contributed by atoms with Gasteiger partial charge in [0.1, 0.15) is 11.6 Å². The quantitative estimate of drug-likeness (QED) is 0.866. The fraction of sp³-hybridized carbons (Fsp3) is 0.167. The molecular formula is C12H12FN3O3. The number of ether oxygens (including phenoxy) is 2. The molecule has 19 heavy (non-hydrogen) atoms. The van der Waals surface area contributed by atoms with Gasteiger partial charge in [-0.15, -0.1) is 0 Å².